The van der Waals surface area contributed by atoms with E-state index in [0.717, 1.165) is 37.7 Å². The molecule has 3 rings (SSSR count). The fourth-order valence-electron chi connectivity index (χ4n) is 3.57. The zero-order chi connectivity index (χ0) is 18.6. The standard InChI is InChI=1S/C21H26FNO2S/c1-2-3-17-6-10-21(11-7-17)26(24,25)23-14-12-19(13-15-23)16-18-4-8-20(22)9-5-18/h4-11,19H,2-3,12-16H2,1H3. The number of hydrogen-bond acceptors (Lipinski definition) is 2. The topological polar surface area (TPSA) is 37.4 Å². The highest BCUT2D eigenvalue weighted by Crippen LogP contribution is 2.26. The first-order valence-electron chi connectivity index (χ1n) is 9.32. The predicted molar refractivity (Wildman–Crippen MR) is 102 cm³/mol. The molecule has 1 fully saturated rings. The van der Waals surface area contributed by atoms with Crippen molar-refractivity contribution in [3.63, 3.8) is 0 Å². The molecule has 1 aliphatic rings. The molecule has 2 aromatic rings. The molecule has 0 atom stereocenters. The molecule has 2 aromatic carbocycles. The zero-order valence-corrected chi connectivity index (χ0v) is 16.0. The van der Waals surface area contributed by atoms with Crippen molar-refractivity contribution in [3.8, 4) is 0 Å². The Morgan fingerprint density at radius 3 is 2.12 bits per heavy atom. The summed E-state index contributed by atoms with van der Waals surface area (Å²) in [6, 6.07) is 13.9. The van der Waals surface area contributed by atoms with Crippen molar-refractivity contribution in [3.05, 3.63) is 65.5 Å². The first-order valence-corrected chi connectivity index (χ1v) is 10.8. The Morgan fingerprint density at radius 2 is 1.54 bits per heavy atom. The van der Waals surface area contributed by atoms with Crippen molar-refractivity contribution in [1.29, 1.82) is 0 Å². The van der Waals surface area contributed by atoms with E-state index in [4.69, 9.17) is 0 Å². The van der Waals surface area contributed by atoms with Crippen LogP contribution < -0.4 is 0 Å². The average molecular weight is 376 g/mol. The van der Waals surface area contributed by atoms with Gasteiger partial charge in [-0.1, -0.05) is 37.6 Å². The van der Waals surface area contributed by atoms with Crippen LogP contribution in [0, 0.1) is 11.7 Å². The zero-order valence-electron chi connectivity index (χ0n) is 15.2. The van der Waals surface area contributed by atoms with Crippen molar-refractivity contribution in [2.45, 2.75) is 43.9 Å². The third kappa shape index (κ3) is 4.51. The second kappa shape index (κ2) is 8.31. The fraction of sp³-hybridized carbons (Fsp3) is 0.429. The second-order valence-electron chi connectivity index (χ2n) is 7.07. The lowest BCUT2D eigenvalue weighted by Crippen LogP contribution is -2.38. The van der Waals surface area contributed by atoms with Crippen LogP contribution in [-0.2, 0) is 22.9 Å². The number of hydrogen-bond donors (Lipinski definition) is 0. The fourth-order valence-corrected chi connectivity index (χ4v) is 5.04. The molecule has 26 heavy (non-hydrogen) atoms. The smallest absolute Gasteiger partial charge is 0.207 e. The number of benzene rings is 2. The molecule has 0 spiro atoms. The molecule has 5 heteroatoms. The predicted octanol–water partition coefficient (Wildman–Crippen LogP) is 4.42. The van der Waals surface area contributed by atoms with Crippen LogP contribution in [0.3, 0.4) is 0 Å². The molecule has 0 bridgehead atoms. The Balaban J connectivity index is 1.60. The first-order chi connectivity index (χ1) is 12.5. The van der Waals surface area contributed by atoms with Gasteiger partial charge in [0, 0.05) is 13.1 Å². The summed E-state index contributed by atoms with van der Waals surface area (Å²) in [6.45, 7) is 3.20. The van der Waals surface area contributed by atoms with Crippen molar-refractivity contribution < 1.29 is 12.8 Å². The van der Waals surface area contributed by atoms with E-state index in [-0.39, 0.29) is 5.82 Å². The van der Waals surface area contributed by atoms with Crippen molar-refractivity contribution >= 4 is 10.0 Å². The molecule has 0 unspecified atom stereocenters. The van der Waals surface area contributed by atoms with Gasteiger partial charge in [-0.25, -0.2) is 12.8 Å². The Bertz CT molecular complexity index is 808. The Labute approximate surface area is 155 Å². The summed E-state index contributed by atoms with van der Waals surface area (Å²) in [5.74, 6) is 0.221. The number of piperidine rings is 1. The van der Waals surface area contributed by atoms with Crippen LogP contribution in [0.4, 0.5) is 4.39 Å². The van der Waals surface area contributed by atoms with Crippen LogP contribution in [0.5, 0.6) is 0 Å². The highest BCUT2D eigenvalue weighted by molar-refractivity contribution is 7.89. The van der Waals surface area contributed by atoms with E-state index in [1.54, 1.807) is 16.4 Å². The summed E-state index contributed by atoms with van der Waals surface area (Å²) in [5.41, 5.74) is 2.28. The van der Waals surface area contributed by atoms with E-state index >= 15 is 0 Å². The Kier molecular flexibility index (Phi) is 6.09. The van der Waals surface area contributed by atoms with E-state index in [9.17, 15) is 12.8 Å². The van der Waals surface area contributed by atoms with Gasteiger partial charge in [0.05, 0.1) is 4.90 Å². The van der Waals surface area contributed by atoms with Crippen molar-refractivity contribution in [2.75, 3.05) is 13.1 Å². The molecule has 1 saturated heterocycles. The lowest BCUT2D eigenvalue weighted by molar-refractivity contribution is 0.273. The Morgan fingerprint density at radius 1 is 0.962 bits per heavy atom. The molecular weight excluding hydrogens is 349 g/mol. The molecule has 0 aromatic heterocycles. The van der Waals surface area contributed by atoms with E-state index in [1.807, 2.05) is 24.3 Å². The average Bonchev–Trinajstić information content (AvgIpc) is 2.65. The van der Waals surface area contributed by atoms with E-state index in [1.165, 1.54) is 17.7 Å². The highest BCUT2D eigenvalue weighted by atomic mass is 32.2. The summed E-state index contributed by atoms with van der Waals surface area (Å²) in [5, 5.41) is 0. The first kappa shape index (κ1) is 19.1. The van der Waals surface area contributed by atoms with Gasteiger partial charge in [0.15, 0.2) is 0 Å². The summed E-state index contributed by atoms with van der Waals surface area (Å²) in [7, 11) is -3.41. The lowest BCUT2D eigenvalue weighted by Gasteiger charge is -2.31. The van der Waals surface area contributed by atoms with Crippen LogP contribution in [0.25, 0.3) is 0 Å². The van der Waals surface area contributed by atoms with Gasteiger partial charge in [-0.05, 0) is 67.0 Å². The lowest BCUT2D eigenvalue weighted by atomic mass is 9.91. The normalized spacial score (nSPS) is 16.7. The van der Waals surface area contributed by atoms with E-state index in [0.29, 0.717) is 23.9 Å². The van der Waals surface area contributed by atoms with Gasteiger partial charge in [-0.15, -0.1) is 0 Å². The SMILES string of the molecule is CCCc1ccc(S(=O)(=O)N2CCC(Cc3ccc(F)cc3)CC2)cc1. The maximum Gasteiger partial charge on any atom is 0.243 e. The molecule has 1 aliphatic heterocycles. The van der Waals surface area contributed by atoms with Gasteiger partial charge >= 0.3 is 0 Å². The maximum atomic E-state index is 13.0. The summed E-state index contributed by atoms with van der Waals surface area (Å²) in [6.07, 6.45) is 4.57. The van der Waals surface area contributed by atoms with Gasteiger partial charge in [-0.2, -0.15) is 4.31 Å². The minimum Gasteiger partial charge on any atom is -0.207 e. The minimum absolute atomic E-state index is 0.223. The third-order valence-electron chi connectivity index (χ3n) is 5.11. The van der Waals surface area contributed by atoms with Crippen molar-refractivity contribution in [1.82, 2.24) is 4.31 Å². The number of aryl methyl sites for hydroxylation is 1. The number of nitrogens with zero attached hydrogens (tertiary/aromatic N) is 1. The molecule has 3 nitrogen and oxygen atoms in total. The van der Waals surface area contributed by atoms with Gasteiger partial charge in [0.25, 0.3) is 0 Å². The largest absolute Gasteiger partial charge is 0.243 e. The van der Waals surface area contributed by atoms with Crippen LogP contribution in [-0.4, -0.2) is 25.8 Å². The third-order valence-corrected chi connectivity index (χ3v) is 7.02. The van der Waals surface area contributed by atoms with Crippen LogP contribution in [0.15, 0.2) is 53.4 Å². The van der Waals surface area contributed by atoms with Gasteiger partial charge in [-0.3, -0.25) is 0 Å². The van der Waals surface area contributed by atoms with Crippen LogP contribution in [0.2, 0.25) is 0 Å². The van der Waals surface area contributed by atoms with E-state index in [2.05, 4.69) is 6.92 Å². The van der Waals surface area contributed by atoms with Crippen LogP contribution >= 0.6 is 0 Å². The molecule has 140 valence electrons. The van der Waals surface area contributed by atoms with Gasteiger partial charge in [0.1, 0.15) is 5.82 Å². The molecular formula is C21H26FNO2S. The van der Waals surface area contributed by atoms with Crippen molar-refractivity contribution in [2.24, 2.45) is 5.92 Å². The molecule has 0 radical (unpaired) electrons. The summed E-state index contributed by atoms with van der Waals surface area (Å²) < 4.78 is 40.3. The quantitative estimate of drug-likeness (QED) is 0.749. The molecule has 0 N–H and O–H groups in total. The number of halogens is 1. The van der Waals surface area contributed by atoms with E-state index < -0.39 is 10.0 Å². The van der Waals surface area contributed by atoms with Gasteiger partial charge in [0.2, 0.25) is 10.0 Å². The summed E-state index contributed by atoms with van der Waals surface area (Å²) in [4.78, 5) is 0.384. The van der Waals surface area contributed by atoms with Gasteiger partial charge < -0.3 is 0 Å². The minimum atomic E-state index is -3.41. The molecule has 1 heterocycles. The van der Waals surface area contributed by atoms with Crippen LogP contribution in [0.1, 0.15) is 37.3 Å². The monoisotopic (exact) mass is 375 g/mol. The Hall–Kier alpha value is -1.72. The molecule has 0 aliphatic carbocycles. The number of sulfonamides is 1. The summed E-state index contributed by atoms with van der Waals surface area (Å²) >= 11 is 0. The maximum absolute atomic E-state index is 13.0. The molecule has 0 amide bonds. The highest BCUT2D eigenvalue weighted by Gasteiger charge is 2.29. The number of rotatable bonds is 6. The second-order valence-corrected chi connectivity index (χ2v) is 9.01. The molecule has 0 saturated carbocycles.